The van der Waals surface area contributed by atoms with Crippen molar-refractivity contribution < 1.29 is 120 Å². The number of Topliss-reactive ketones (excluding diaryl/α,β-unsaturated/α-hetero) is 1. The van der Waals surface area contributed by atoms with Crippen LogP contribution in [0.15, 0.2) is 122 Å². The van der Waals surface area contributed by atoms with Gasteiger partial charge in [-0.2, -0.15) is 132 Å². The summed E-state index contributed by atoms with van der Waals surface area (Å²) in [5.41, 5.74) is -29.8. The highest BCUT2D eigenvalue weighted by Crippen LogP contribution is 2.41. The number of hydrogen-bond acceptors (Lipinski definition) is 4. The van der Waals surface area contributed by atoms with Gasteiger partial charge in [-0.3, -0.25) is 19.9 Å². The number of nitro groups is 1. The third kappa shape index (κ3) is 13.7. The molecule has 6 rings (SSSR count). The molecule has 0 fully saturated rings. The van der Waals surface area contributed by atoms with Crippen LogP contribution in [0.25, 0.3) is 0 Å². The van der Waals surface area contributed by atoms with Gasteiger partial charge in [0.1, 0.15) is 6.15 Å². The fourth-order valence-corrected chi connectivity index (χ4v) is 7.55. The lowest BCUT2D eigenvalue weighted by Crippen LogP contribution is -2.75. The zero-order valence-corrected chi connectivity index (χ0v) is 36.0. The first-order chi connectivity index (χ1) is 33.9. The zero-order chi connectivity index (χ0) is 56.9. The zero-order valence-electron chi connectivity index (χ0n) is 36.0. The second kappa shape index (κ2) is 20.1. The van der Waals surface area contributed by atoms with Gasteiger partial charge < -0.3 is 0 Å². The Balaban J connectivity index is 0.000000483. The van der Waals surface area contributed by atoms with E-state index in [-0.39, 0.29) is 18.0 Å². The molecule has 0 amide bonds. The quantitative estimate of drug-likeness (QED) is 0.0380. The summed E-state index contributed by atoms with van der Waals surface area (Å²) >= 11 is 0. The molecule has 0 unspecified atom stereocenters. The normalized spacial score (nSPS) is 13.3. The molecular weight excluding hydrogens is 1090 g/mol. The fraction of sp³-hybridized carbons (Fsp3) is 0.205. The largest absolute Gasteiger partial charge is 0.416 e. The van der Waals surface area contributed by atoms with Crippen molar-refractivity contribution in [1.82, 2.24) is 4.98 Å². The Kier molecular flexibility index (Phi) is 15.7. The molecule has 0 aliphatic rings. The number of carbonyl (C=O) groups excluding carboxylic acids is 1. The molecule has 31 heteroatoms. The number of non-ortho nitro benzene ring substituents is 1. The van der Waals surface area contributed by atoms with Gasteiger partial charge in [0.2, 0.25) is 12.3 Å². The number of benzene rings is 5. The maximum atomic E-state index is 14.2. The molecule has 0 radical (unpaired) electrons. The number of nitro benzene ring substituents is 1. The van der Waals surface area contributed by atoms with Crippen molar-refractivity contribution in [3.8, 4) is 0 Å². The van der Waals surface area contributed by atoms with Crippen LogP contribution in [0.1, 0.15) is 54.9 Å². The van der Waals surface area contributed by atoms with Gasteiger partial charge >= 0.3 is 49.4 Å². The summed E-state index contributed by atoms with van der Waals surface area (Å²) < 4.78 is 343. The Labute approximate surface area is 401 Å². The average Bonchev–Trinajstić information content (AvgIpc) is 3.27. The summed E-state index contributed by atoms with van der Waals surface area (Å²) in [7, 11) is 0. The third-order valence-corrected chi connectivity index (χ3v) is 10.9. The van der Waals surface area contributed by atoms with E-state index in [9.17, 15) is 120 Å². The highest BCUT2D eigenvalue weighted by Gasteiger charge is 2.47. The average molecular weight is 1110 g/mol. The molecule has 6 nitrogen and oxygen atoms in total. The molecule has 0 aliphatic carbocycles. The van der Waals surface area contributed by atoms with Gasteiger partial charge in [0, 0.05) is 17.7 Å². The van der Waals surface area contributed by atoms with E-state index in [2.05, 4.69) is 4.98 Å². The van der Waals surface area contributed by atoms with Gasteiger partial charge in [-0.05, 0) is 36.4 Å². The van der Waals surface area contributed by atoms with E-state index in [0.29, 0.717) is 5.56 Å². The summed E-state index contributed by atoms with van der Waals surface area (Å²) in [5.74, 6) is -0.110. The van der Waals surface area contributed by atoms with Crippen molar-refractivity contribution in [1.29, 1.82) is 0 Å². The number of ketones is 1. The monoisotopic (exact) mass is 1110 g/mol. The van der Waals surface area contributed by atoms with Crippen LogP contribution in [0.2, 0.25) is 0 Å². The second-order valence-corrected chi connectivity index (χ2v) is 15.9. The number of halogens is 24. The van der Waals surface area contributed by atoms with Gasteiger partial charge in [-0.15, -0.1) is 0 Å². The van der Waals surface area contributed by atoms with E-state index in [1.807, 2.05) is 0 Å². The van der Waals surface area contributed by atoms with Crippen LogP contribution in [0.5, 0.6) is 0 Å². The highest BCUT2D eigenvalue weighted by molar-refractivity contribution is 7.20. The summed E-state index contributed by atoms with van der Waals surface area (Å²) in [6.07, 6.45) is -48.3. The van der Waals surface area contributed by atoms with Crippen LogP contribution in [0.4, 0.5) is 111 Å². The number of aromatic nitrogens is 2. The van der Waals surface area contributed by atoms with Gasteiger partial charge in [0.15, 0.2) is 12.4 Å². The molecule has 1 heterocycles. The summed E-state index contributed by atoms with van der Waals surface area (Å²) in [5, 5.41) is 10.5. The summed E-state index contributed by atoms with van der Waals surface area (Å²) in [6.45, 7) is 0.181. The number of rotatable bonds is 8. The SMILES string of the molecule is FC(F)(F)c1cc([B-](c2cc(C(F)(F)F)cc(C(F)(F)F)c2)(c2cc(C(F)(F)F)cc(C(F)(F)F)c2)c2cc(C(F)(F)F)cc(C(F)(F)F)c2)cc(C(F)(F)F)c1.O=C(C[n+]1ccncc1)c1ccc([N+](=O)[O-])cc1. The van der Waals surface area contributed by atoms with Gasteiger partial charge in [0.25, 0.3) is 5.69 Å². The van der Waals surface area contributed by atoms with Gasteiger partial charge in [-0.25, -0.2) is 0 Å². The Hall–Kier alpha value is -7.37. The van der Waals surface area contributed by atoms with Crippen LogP contribution >= 0.6 is 0 Å². The van der Waals surface area contributed by atoms with E-state index >= 15 is 0 Å². The number of hydrogen-bond donors (Lipinski definition) is 0. The lowest BCUT2D eigenvalue weighted by atomic mass is 9.12. The molecule has 0 saturated heterocycles. The molecule has 0 bridgehead atoms. The van der Waals surface area contributed by atoms with Crippen molar-refractivity contribution in [2.75, 3.05) is 0 Å². The minimum atomic E-state index is -6.13. The third-order valence-electron chi connectivity index (χ3n) is 10.9. The fourth-order valence-electron chi connectivity index (χ4n) is 7.55. The standard InChI is InChI=1S/C32H12BF24.C12H10N3O3/c34-25(35,36)13-1-14(26(37,38)39)6-21(5-13)33(22-7-15(27(40,41)42)2-16(8-22)28(43,44)45,23-9-17(29(46,47)48)3-18(10-23)30(49,50)51)24-11-19(31(52,53)54)4-20(12-24)32(55,56)57;16-12(9-14-7-5-13-6-8-14)10-1-3-11(4-2-10)15(17)18/h1-12H;1-8H,9H2/q-1;+1. The number of alkyl halides is 24. The Morgan fingerprint density at radius 3 is 0.840 bits per heavy atom. The van der Waals surface area contributed by atoms with Crippen molar-refractivity contribution in [2.45, 2.75) is 56.0 Å². The summed E-state index contributed by atoms with van der Waals surface area (Å²) in [4.78, 5) is 25.7. The lowest BCUT2D eigenvalue weighted by Gasteiger charge is -2.46. The maximum absolute atomic E-state index is 14.2. The van der Waals surface area contributed by atoms with Crippen LogP contribution in [0, 0.1) is 10.1 Å². The second-order valence-electron chi connectivity index (χ2n) is 15.9. The van der Waals surface area contributed by atoms with Crippen LogP contribution in [-0.4, -0.2) is 21.8 Å². The molecular formula is C44H22BF24N3O3. The lowest BCUT2D eigenvalue weighted by molar-refractivity contribution is -0.683. The van der Waals surface area contributed by atoms with E-state index in [0.717, 1.165) is 0 Å². The molecule has 75 heavy (non-hydrogen) atoms. The molecule has 0 aliphatic heterocycles. The highest BCUT2D eigenvalue weighted by atomic mass is 19.4. The number of carbonyl (C=O) groups is 1. The van der Waals surface area contributed by atoms with Crippen LogP contribution < -0.4 is 26.4 Å². The molecule has 1 aromatic heterocycles. The first-order valence-electron chi connectivity index (χ1n) is 19.9. The topological polar surface area (TPSA) is 77.0 Å². The molecule has 0 N–H and O–H groups in total. The first-order valence-corrected chi connectivity index (χ1v) is 19.9. The Bertz CT molecular complexity index is 2630. The van der Waals surface area contributed by atoms with E-state index < -0.39 is 200 Å². The van der Waals surface area contributed by atoms with Crippen LogP contribution in [-0.2, 0) is 56.0 Å². The maximum Gasteiger partial charge on any atom is 0.416 e. The predicted molar refractivity (Wildman–Crippen MR) is 212 cm³/mol. The Morgan fingerprint density at radius 2 is 0.640 bits per heavy atom. The van der Waals surface area contributed by atoms with E-state index in [4.69, 9.17) is 0 Å². The minimum absolute atomic E-state index is 0.0249. The van der Waals surface area contributed by atoms with Crippen LogP contribution in [0.3, 0.4) is 0 Å². The van der Waals surface area contributed by atoms with Crippen molar-refractivity contribution in [3.05, 3.63) is 182 Å². The summed E-state index contributed by atoms with van der Waals surface area (Å²) in [6, 6.07) is -3.24. The molecule has 0 atom stereocenters. The van der Waals surface area contributed by atoms with E-state index in [1.165, 1.54) is 24.3 Å². The smallest absolute Gasteiger partial charge is 0.287 e. The molecule has 0 saturated carbocycles. The Morgan fingerprint density at radius 1 is 0.413 bits per heavy atom. The first kappa shape index (κ1) is 58.5. The molecule has 5 aromatic carbocycles. The van der Waals surface area contributed by atoms with Crippen molar-refractivity contribution >= 4 is 39.5 Å². The van der Waals surface area contributed by atoms with E-state index in [1.54, 1.807) is 29.4 Å². The minimum Gasteiger partial charge on any atom is -0.287 e. The van der Waals surface area contributed by atoms with Crippen molar-refractivity contribution in [2.24, 2.45) is 0 Å². The number of nitrogens with zero attached hydrogens (tertiary/aromatic N) is 3. The molecule has 6 aromatic rings. The molecule has 402 valence electrons. The van der Waals surface area contributed by atoms with Crippen molar-refractivity contribution in [3.63, 3.8) is 0 Å². The van der Waals surface area contributed by atoms with Gasteiger partial charge in [-0.1, -0.05) is 48.5 Å². The predicted octanol–water partition coefficient (Wildman–Crippen LogP) is 12.4. The van der Waals surface area contributed by atoms with Gasteiger partial charge in [0.05, 0.1) is 61.8 Å². The molecule has 0 spiro atoms.